The summed E-state index contributed by atoms with van der Waals surface area (Å²) in [4.78, 5) is 14.7. The maximum atomic E-state index is 12.8. The van der Waals surface area contributed by atoms with Crippen molar-refractivity contribution in [2.24, 2.45) is 11.7 Å². The first kappa shape index (κ1) is 17.0. The molecule has 0 bridgehead atoms. The van der Waals surface area contributed by atoms with E-state index in [-0.39, 0.29) is 11.9 Å². The van der Waals surface area contributed by atoms with E-state index in [0.29, 0.717) is 29.6 Å². The number of hydrogen-bond donors (Lipinski definition) is 1. The molecule has 1 aromatic heterocycles. The molecule has 2 atom stereocenters. The van der Waals surface area contributed by atoms with E-state index in [4.69, 9.17) is 17.3 Å². The summed E-state index contributed by atoms with van der Waals surface area (Å²) in [6.45, 7) is 4.03. The molecule has 0 aliphatic carbocycles. The molecular weight excluding hydrogens is 324 g/mol. The highest BCUT2D eigenvalue weighted by Crippen LogP contribution is 2.24. The van der Waals surface area contributed by atoms with Crippen LogP contribution in [0.4, 0.5) is 0 Å². The van der Waals surface area contributed by atoms with E-state index in [9.17, 15) is 4.79 Å². The highest BCUT2D eigenvalue weighted by molar-refractivity contribution is 6.31. The zero-order valence-electron chi connectivity index (χ0n) is 13.9. The summed E-state index contributed by atoms with van der Waals surface area (Å²) in [7, 11) is 0. The number of rotatable bonds is 4. The van der Waals surface area contributed by atoms with Crippen LogP contribution in [0.3, 0.4) is 0 Å². The maximum Gasteiger partial charge on any atom is 0.257 e. The molecule has 1 fully saturated rings. The van der Waals surface area contributed by atoms with Crippen LogP contribution >= 0.6 is 11.6 Å². The average molecular weight is 347 g/mol. The summed E-state index contributed by atoms with van der Waals surface area (Å²) in [5.41, 5.74) is 7.45. The summed E-state index contributed by atoms with van der Waals surface area (Å²) >= 11 is 6.19. The Hall–Kier alpha value is -1.85. The lowest BCUT2D eigenvalue weighted by molar-refractivity contribution is 0.0573. The Labute approximate surface area is 147 Å². The van der Waals surface area contributed by atoms with Crippen LogP contribution < -0.4 is 5.73 Å². The maximum absolute atomic E-state index is 12.8. The predicted octanol–water partition coefficient (Wildman–Crippen LogP) is 2.78. The average Bonchev–Trinajstić information content (AvgIpc) is 3.05. The first-order chi connectivity index (χ1) is 11.6. The van der Waals surface area contributed by atoms with Gasteiger partial charge in [-0.15, -0.1) is 0 Å². The Morgan fingerprint density at radius 2 is 2.21 bits per heavy atom. The topological polar surface area (TPSA) is 64.2 Å². The highest BCUT2D eigenvalue weighted by Gasteiger charge is 2.30. The number of benzene rings is 1. The number of nitrogens with zero attached hydrogens (tertiary/aromatic N) is 3. The molecule has 1 amide bonds. The van der Waals surface area contributed by atoms with Crippen molar-refractivity contribution in [3.63, 3.8) is 0 Å². The highest BCUT2D eigenvalue weighted by atomic mass is 35.5. The molecule has 0 saturated carbocycles. The Kier molecular flexibility index (Phi) is 5.21. The number of carbonyl (C=O) groups is 1. The van der Waals surface area contributed by atoms with E-state index >= 15 is 0 Å². The number of amides is 1. The molecule has 6 heteroatoms. The molecule has 2 unspecified atom stereocenters. The number of hydrogen-bond acceptors (Lipinski definition) is 3. The summed E-state index contributed by atoms with van der Waals surface area (Å²) in [5.74, 6) is 0.633. The quantitative estimate of drug-likeness (QED) is 0.925. The SMILES string of the molecule is CC1CCN(C(=O)c2cnn(Cc3ccccc3Cl)c2)C(CN)C1. The van der Waals surface area contributed by atoms with Gasteiger partial charge in [-0.3, -0.25) is 9.48 Å². The van der Waals surface area contributed by atoms with Crippen molar-refractivity contribution in [1.29, 1.82) is 0 Å². The monoisotopic (exact) mass is 346 g/mol. The fourth-order valence-corrected chi connectivity index (χ4v) is 3.47. The van der Waals surface area contributed by atoms with Gasteiger partial charge in [0.2, 0.25) is 0 Å². The summed E-state index contributed by atoms with van der Waals surface area (Å²) < 4.78 is 1.75. The van der Waals surface area contributed by atoms with Gasteiger partial charge >= 0.3 is 0 Å². The lowest BCUT2D eigenvalue weighted by Crippen LogP contribution is -2.49. The molecule has 1 saturated heterocycles. The van der Waals surface area contributed by atoms with Crippen molar-refractivity contribution in [3.05, 3.63) is 52.8 Å². The van der Waals surface area contributed by atoms with Crippen molar-refractivity contribution < 1.29 is 4.79 Å². The second-order valence-electron chi connectivity index (χ2n) is 6.54. The van der Waals surface area contributed by atoms with Crippen molar-refractivity contribution in [2.45, 2.75) is 32.4 Å². The van der Waals surface area contributed by atoms with Crippen LogP contribution in [0.25, 0.3) is 0 Å². The molecule has 0 radical (unpaired) electrons. The van der Waals surface area contributed by atoms with Crippen molar-refractivity contribution in [1.82, 2.24) is 14.7 Å². The molecule has 1 aromatic carbocycles. The third-order valence-electron chi connectivity index (χ3n) is 4.68. The first-order valence-corrected chi connectivity index (χ1v) is 8.73. The van der Waals surface area contributed by atoms with Gasteiger partial charge in [-0.25, -0.2) is 0 Å². The van der Waals surface area contributed by atoms with Crippen LogP contribution in [0.15, 0.2) is 36.7 Å². The lowest BCUT2D eigenvalue weighted by atomic mass is 9.92. The fourth-order valence-electron chi connectivity index (χ4n) is 3.27. The van der Waals surface area contributed by atoms with Gasteiger partial charge in [0.15, 0.2) is 0 Å². The predicted molar refractivity (Wildman–Crippen MR) is 95.1 cm³/mol. The number of aromatic nitrogens is 2. The minimum absolute atomic E-state index is 0.0164. The molecule has 2 N–H and O–H groups in total. The standard InChI is InChI=1S/C18H23ClN4O/c1-13-6-7-23(16(8-13)9-20)18(24)15-10-21-22(12-15)11-14-4-2-3-5-17(14)19/h2-5,10,12-13,16H,6-9,11,20H2,1H3. The van der Waals surface area contributed by atoms with E-state index < -0.39 is 0 Å². The largest absolute Gasteiger partial charge is 0.334 e. The molecule has 1 aliphatic rings. The fraction of sp³-hybridized carbons (Fsp3) is 0.444. The van der Waals surface area contributed by atoms with Crippen molar-refractivity contribution in [3.8, 4) is 0 Å². The van der Waals surface area contributed by atoms with E-state index in [0.717, 1.165) is 24.9 Å². The Balaban J connectivity index is 1.73. The smallest absolute Gasteiger partial charge is 0.257 e. The van der Waals surface area contributed by atoms with Crippen LogP contribution in [0, 0.1) is 5.92 Å². The van der Waals surface area contributed by atoms with E-state index in [1.165, 1.54) is 0 Å². The van der Waals surface area contributed by atoms with Gasteiger partial charge in [0, 0.05) is 30.4 Å². The van der Waals surface area contributed by atoms with Gasteiger partial charge in [-0.1, -0.05) is 36.7 Å². The van der Waals surface area contributed by atoms with Gasteiger partial charge in [0.1, 0.15) is 0 Å². The zero-order chi connectivity index (χ0) is 17.1. The normalized spacial score (nSPS) is 21.0. The van der Waals surface area contributed by atoms with E-state index in [1.807, 2.05) is 29.2 Å². The zero-order valence-corrected chi connectivity index (χ0v) is 14.6. The number of carbonyl (C=O) groups excluding carboxylic acids is 1. The minimum atomic E-state index is 0.0164. The van der Waals surface area contributed by atoms with Crippen molar-refractivity contribution >= 4 is 17.5 Å². The second kappa shape index (κ2) is 7.36. The minimum Gasteiger partial charge on any atom is -0.334 e. The molecule has 3 rings (SSSR count). The number of nitrogens with two attached hydrogens (primary N) is 1. The molecule has 128 valence electrons. The molecule has 0 spiro atoms. The third kappa shape index (κ3) is 3.62. The van der Waals surface area contributed by atoms with Crippen LogP contribution in [0.5, 0.6) is 0 Å². The Bertz CT molecular complexity index is 715. The van der Waals surface area contributed by atoms with Crippen LogP contribution in [-0.2, 0) is 6.54 Å². The van der Waals surface area contributed by atoms with Gasteiger partial charge in [0.25, 0.3) is 5.91 Å². The molecular formula is C18H23ClN4O. The van der Waals surface area contributed by atoms with Gasteiger partial charge in [-0.05, 0) is 30.4 Å². The molecule has 5 nitrogen and oxygen atoms in total. The van der Waals surface area contributed by atoms with Crippen LogP contribution in [0.1, 0.15) is 35.7 Å². The third-order valence-corrected chi connectivity index (χ3v) is 5.05. The summed E-state index contributed by atoms with van der Waals surface area (Å²) in [6.07, 6.45) is 5.41. The van der Waals surface area contributed by atoms with Gasteiger partial charge in [0.05, 0.1) is 18.3 Å². The van der Waals surface area contributed by atoms with Crippen LogP contribution in [-0.4, -0.2) is 39.7 Å². The van der Waals surface area contributed by atoms with Gasteiger partial charge < -0.3 is 10.6 Å². The Morgan fingerprint density at radius 3 is 2.96 bits per heavy atom. The summed E-state index contributed by atoms with van der Waals surface area (Å²) in [5, 5.41) is 5.02. The molecule has 1 aliphatic heterocycles. The van der Waals surface area contributed by atoms with E-state index in [2.05, 4.69) is 12.0 Å². The molecule has 2 aromatic rings. The second-order valence-corrected chi connectivity index (χ2v) is 6.94. The lowest BCUT2D eigenvalue weighted by Gasteiger charge is -2.37. The van der Waals surface area contributed by atoms with Crippen molar-refractivity contribution in [2.75, 3.05) is 13.1 Å². The number of piperidine rings is 1. The Morgan fingerprint density at radius 1 is 1.42 bits per heavy atom. The number of halogens is 1. The number of likely N-dealkylation sites (tertiary alicyclic amines) is 1. The molecule has 2 heterocycles. The van der Waals surface area contributed by atoms with E-state index in [1.54, 1.807) is 17.1 Å². The van der Waals surface area contributed by atoms with Crippen LogP contribution in [0.2, 0.25) is 5.02 Å². The van der Waals surface area contributed by atoms with Gasteiger partial charge in [-0.2, -0.15) is 5.10 Å². The summed E-state index contributed by atoms with van der Waals surface area (Å²) in [6, 6.07) is 7.77. The first-order valence-electron chi connectivity index (χ1n) is 8.35. The molecule has 24 heavy (non-hydrogen) atoms.